The van der Waals surface area contributed by atoms with Crippen LogP contribution in [0.25, 0.3) is 0 Å². The number of nitrogens with two attached hydrogens (primary N) is 1. The van der Waals surface area contributed by atoms with E-state index in [1.165, 1.54) is 0 Å². The molecule has 7 heteroatoms. The Morgan fingerprint density at radius 3 is 2.26 bits per heavy atom. The van der Waals surface area contributed by atoms with Crippen molar-refractivity contribution in [3.8, 4) is 0 Å². The first-order valence-corrected chi connectivity index (χ1v) is 6.98. The molecule has 6 nitrogen and oxygen atoms in total. The fourth-order valence-corrected chi connectivity index (χ4v) is 2.19. The molecule has 0 atom stereocenters. The molecule has 1 aliphatic rings. The van der Waals surface area contributed by atoms with Crippen molar-refractivity contribution in [1.82, 2.24) is 14.9 Å². The third-order valence-electron chi connectivity index (χ3n) is 3.01. The molecule has 0 radical (unpaired) electrons. The van der Waals surface area contributed by atoms with Gasteiger partial charge in [-0.1, -0.05) is 0 Å². The van der Waals surface area contributed by atoms with E-state index in [2.05, 4.69) is 30.8 Å². The minimum absolute atomic E-state index is 0.0103. The number of aromatic nitrogens is 2. The third-order valence-corrected chi connectivity index (χ3v) is 3.42. The number of nitrogens with zero attached hydrogens (tertiary/aromatic N) is 4. The monoisotopic (exact) mass is 327 g/mol. The summed E-state index contributed by atoms with van der Waals surface area (Å²) in [6.45, 7) is 6.23. The summed E-state index contributed by atoms with van der Waals surface area (Å²) < 4.78 is 0.856. The predicted molar refractivity (Wildman–Crippen MR) is 76.8 cm³/mol. The van der Waals surface area contributed by atoms with Crippen LogP contribution in [0.5, 0.6) is 0 Å². The van der Waals surface area contributed by atoms with E-state index in [9.17, 15) is 4.79 Å². The number of piperazine rings is 1. The standard InChI is InChI=1S/C12H18BrN5O/c1-12(2,14)10(19)17-3-5-18(6-4-17)11-15-7-9(13)8-16-11/h7-8H,3-6,14H2,1-2H3. The van der Waals surface area contributed by atoms with Crippen LogP contribution in [-0.2, 0) is 4.79 Å². The Morgan fingerprint density at radius 1 is 1.26 bits per heavy atom. The Bertz CT molecular complexity index is 448. The summed E-state index contributed by atoms with van der Waals surface area (Å²) in [5.74, 6) is 0.686. The molecular formula is C12H18BrN5O. The smallest absolute Gasteiger partial charge is 0.242 e. The highest BCUT2D eigenvalue weighted by molar-refractivity contribution is 9.10. The Kier molecular flexibility index (Phi) is 4.05. The van der Waals surface area contributed by atoms with Gasteiger partial charge in [0.1, 0.15) is 0 Å². The van der Waals surface area contributed by atoms with Crippen LogP contribution in [0, 0.1) is 0 Å². The van der Waals surface area contributed by atoms with Gasteiger partial charge in [0.25, 0.3) is 0 Å². The molecule has 1 aliphatic heterocycles. The molecule has 104 valence electrons. The quantitative estimate of drug-likeness (QED) is 0.862. The van der Waals surface area contributed by atoms with Crippen molar-refractivity contribution in [2.75, 3.05) is 31.1 Å². The maximum Gasteiger partial charge on any atom is 0.242 e. The van der Waals surface area contributed by atoms with Crippen molar-refractivity contribution in [2.24, 2.45) is 5.73 Å². The maximum absolute atomic E-state index is 12.1. The van der Waals surface area contributed by atoms with Gasteiger partial charge in [0, 0.05) is 38.6 Å². The summed E-state index contributed by atoms with van der Waals surface area (Å²) in [6, 6.07) is 0. The van der Waals surface area contributed by atoms with Gasteiger partial charge < -0.3 is 15.5 Å². The van der Waals surface area contributed by atoms with Crippen molar-refractivity contribution in [1.29, 1.82) is 0 Å². The largest absolute Gasteiger partial charge is 0.338 e. The summed E-state index contributed by atoms with van der Waals surface area (Å²) in [5.41, 5.74) is 5.03. The van der Waals surface area contributed by atoms with Crippen LogP contribution in [-0.4, -0.2) is 52.5 Å². The van der Waals surface area contributed by atoms with Crippen LogP contribution in [0.2, 0.25) is 0 Å². The molecule has 0 saturated carbocycles. The van der Waals surface area contributed by atoms with Crippen molar-refractivity contribution in [3.63, 3.8) is 0 Å². The first kappa shape index (κ1) is 14.2. The summed E-state index contributed by atoms with van der Waals surface area (Å²) in [5, 5.41) is 0. The molecule has 0 unspecified atom stereocenters. The lowest BCUT2D eigenvalue weighted by Gasteiger charge is -2.37. The first-order chi connectivity index (χ1) is 8.88. The number of carbonyl (C=O) groups excluding carboxylic acids is 1. The first-order valence-electron chi connectivity index (χ1n) is 6.18. The Morgan fingerprint density at radius 2 is 1.79 bits per heavy atom. The number of halogens is 1. The molecule has 2 heterocycles. The van der Waals surface area contributed by atoms with Gasteiger partial charge in [-0.2, -0.15) is 0 Å². The molecule has 1 aromatic heterocycles. The van der Waals surface area contributed by atoms with E-state index in [1.807, 2.05) is 0 Å². The number of anilines is 1. The van der Waals surface area contributed by atoms with Gasteiger partial charge in [-0.15, -0.1) is 0 Å². The third kappa shape index (κ3) is 3.42. The minimum atomic E-state index is -0.809. The number of hydrogen-bond acceptors (Lipinski definition) is 5. The number of rotatable bonds is 2. The van der Waals surface area contributed by atoms with E-state index in [0.717, 1.165) is 17.6 Å². The maximum atomic E-state index is 12.1. The van der Waals surface area contributed by atoms with Crippen LogP contribution in [0.3, 0.4) is 0 Å². The van der Waals surface area contributed by atoms with Crippen molar-refractivity contribution in [3.05, 3.63) is 16.9 Å². The fourth-order valence-electron chi connectivity index (χ4n) is 1.99. The zero-order valence-corrected chi connectivity index (χ0v) is 12.7. The second-order valence-electron chi connectivity index (χ2n) is 5.20. The summed E-state index contributed by atoms with van der Waals surface area (Å²) in [6.07, 6.45) is 3.45. The molecule has 0 aliphatic carbocycles. The predicted octanol–water partition coefficient (Wildman–Crippen LogP) is 0.625. The molecular weight excluding hydrogens is 310 g/mol. The average molecular weight is 328 g/mol. The highest BCUT2D eigenvalue weighted by Crippen LogP contribution is 2.14. The van der Waals surface area contributed by atoms with Crippen molar-refractivity contribution < 1.29 is 4.79 Å². The van der Waals surface area contributed by atoms with Crippen LogP contribution in [0.15, 0.2) is 16.9 Å². The number of amides is 1. The molecule has 1 saturated heterocycles. The zero-order chi connectivity index (χ0) is 14.0. The van der Waals surface area contributed by atoms with Crippen LogP contribution in [0.1, 0.15) is 13.8 Å². The minimum Gasteiger partial charge on any atom is -0.338 e. The Hall–Kier alpha value is -1.21. The molecule has 1 aromatic rings. The summed E-state index contributed by atoms with van der Waals surface area (Å²) >= 11 is 3.31. The van der Waals surface area contributed by atoms with Gasteiger partial charge in [-0.25, -0.2) is 9.97 Å². The average Bonchev–Trinajstić information content (AvgIpc) is 2.38. The van der Waals surface area contributed by atoms with E-state index in [-0.39, 0.29) is 5.91 Å². The van der Waals surface area contributed by atoms with Gasteiger partial charge in [0.15, 0.2) is 0 Å². The second-order valence-corrected chi connectivity index (χ2v) is 6.12. The van der Waals surface area contributed by atoms with Gasteiger partial charge >= 0.3 is 0 Å². The van der Waals surface area contributed by atoms with Gasteiger partial charge in [0.05, 0.1) is 10.0 Å². The van der Waals surface area contributed by atoms with Crippen LogP contribution in [0.4, 0.5) is 5.95 Å². The molecule has 19 heavy (non-hydrogen) atoms. The van der Waals surface area contributed by atoms with Crippen LogP contribution < -0.4 is 10.6 Å². The number of hydrogen-bond donors (Lipinski definition) is 1. The van der Waals surface area contributed by atoms with Crippen molar-refractivity contribution in [2.45, 2.75) is 19.4 Å². The molecule has 1 fully saturated rings. The van der Waals surface area contributed by atoms with Gasteiger partial charge in [0.2, 0.25) is 11.9 Å². The van der Waals surface area contributed by atoms with Gasteiger partial charge in [-0.05, 0) is 29.8 Å². The lowest BCUT2D eigenvalue weighted by molar-refractivity contribution is -0.136. The van der Waals surface area contributed by atoms with E-state index in [0.29, 0.717) is 19.0 Å². The number of carbonyl (C=O) groups is 1. The lowest BCUT2D eigenvalue weighted by atomic mass is 10.1. The highest BCUT2D eigenvalue weighted by Gasteiger charge is 2.30. The Balaban J connectivity index is 1.96. The van der Waals surface area contributed by atoms with E-state index < -0.39 is 5.54 Å². The molecule has 1 amide bonds. The van der Waals surface area contributed by atoms with E-state index >= 15 is 0 Å². The summed E-state index contributed by atoms with van der Waals surface area (Å²) in [4.78, 5) is 24.4. The zero-order valence-electron chi connectivity index (χ0n) is 11.1. The summed E-state index contributed by atoms with van der Waals surface area (Å²) in [7, 11) is 0. The molecule has 0 aromatic carbocycles. The van der Waals surface area contributed by atoms with Crippen LogP contribution >= 0.6 is 15.9 Å². The SMILES string of the molecule is CC(C)(N)C(=O)N1CCN(c2ncc(Br)cn2)CC1. The fraction of sp³-hybridized carbons (Fsp3) is 0.583. The lowest BCUT2D eigenvalue weighted by Crippen LogP contribution is -2.57. The van der Waals surface area contributed by atoms with E-state index in [4.69, 9.17) is 5.73 Å². The second kappa shape index (κ2) is 5.42. The molecule has 2 N–H and O–H groups in total. The molecule has 0 bridgehead atoms. The Labute approximate surface area is 121 Å². The topological polar surface area (TPSA) is 75.4 Å². The molecule has 2 rings (SSSR count). The molecule has 0 spiro atoms. The van der Waals surface area contributed by atoms with Crippen molar-refractivity contribution >= 4 is 27.8 Å². The normalized spacial score (nSPS) is 16.6. The highest BCUT2D eigenvalue weighted by atomic mass is 79.9. The van der Waals surface area contributed by atoms with E-state index in [1.54, 1.807) is 31.1 Å². The van der Waals surface area contributed by atoms with Gasteiger partial charge in [-0.3, -0.25) is 4.79 Å².